The highest BCUT2D eigenvalue weighted by atomic mass is 16.5. The molecule has 0 rings (SSSR count). The van der Waals surface area contributed by atoms with Crippen molar-refractivity contribution in [1.82, 2.24) is 0 Å². The molecule has 0 aliphatic heterocycles. The van der Waals surface area contributed by atoms with Crippen molar-refractivity contribution in [3.8, 4) is 0 Å². The Morgan fingerprint density at radius 1 is 1.07 bits per heavy atom. The Morgan fingerprint density at radius 2 is 1.67 bits per heavy atom. The molecule has 1 nitrogen and oxygen atoms in total. The molecule has 0 aliphatic rings. The van der Waals surface area contributed by atoms with Crippen molar-refractivity contribution in [3.05, 3.63) is 24.5 Å². The van der Waals surface area contributed by atoms with E-state index in [9.17, 15) is 0 Å². The Labute approximate surface area is 95.2 Å². The van der Waals surface area contributed by atoms with Gasteiger partial charge in [0.05, 0.1) is 13.4 Å². The van der Waals surface area contributed by atoms with Crippen LogP contribution in [0, 0.1) is 0 Å². The van der Waals surface area contributed by atoms with Crippen LogP contribution < -0.4 is 0 Å². The average molecular weight is 210 g/mol. The summed E-state index contributed by atoms with van der Waals surface area (Å²) in [5.41, 5.74) is 1.35. The van der Waals surface area contributed by atoms with Gasteiger partial charge >= 0.3 is 0 Å². The molecule has 0 aromatic carbocycles. The number of allylic oxidation sites excluding steroid dienone is 2. The standard InChI is InChI=1S/C14H26O/c1-4-5-6-7-8-9-10-11-12-14(2)13-15-3/h4,13H,1,5-12H2,2-3H3/b14-13+. The second kappa shape index (κ2) is 11.4. The SMILES string of the molecule is C=CCCCCCCCC/C(C)=C/OC. The van der Waals surface area contributed by atoms with Gasteiger partial charge in [0.15, 0.2) is 0 Å². The lowest BCUT2D eigenvalue weighted by molar-refractivity contribution is 0.332. The lowest BCUT2D eigenvalue weighted by atomic mass is 10.1. The first-order chi connectivity index (χ1) is 7.31. The number of rotatable bonds is 10. The van der Waals surface area contributed by atoms with Gasteiger partial charge < -0.3 is 4.74 Å². The topological polar surface area (TPSA) is 9.23 Å². The molecule has 0 atom stereocenters. The van der Waals surface area contributed by atoms with E-state index >= 15 is 0 Å². The van der Waals surface area contributed by atoms with Gasteiger partial charge in [-0.15, -0.1) is 6.58 Å². The van der Waals surface area contributed by atoms with Gasteiger partial charge in [-0.25, -0.2) is 0 Å². The van der Waals surface area contributed by atoms with Crippen LogP contribution in [0.1, 0.15) is 58.3 Å². The third kappa shape index (κ3) is 11.2. The summed E-state index contributed by atoms with van der Waals surface area (Å²) in [7, 11) is 1.71. The molecule has 0 aromatic heterocycles. The number of ether oxygens (including phenoxy) is 1. The summed E-state index contributed by atoms with van der Waals surface area (Å²) in [5, 5.41) is 0. The minimum absolute atomic E-state index is 1.18. The molecule has 15 heavy (non-hydrogen) atoms. The quantitative estimate of drug-likeness (QED) is 0.285. The molecule has 0 bridgehead atoms. The zero-order valence-corrected chi connectivity index (χ0v) is 10.4. The molecule has 1 heteroatoms. The minimum atomic E-state index is 1.18. The zero-order chi connectivity index (χ0) is 11.4. The highest BCUT2D eigenvalue weighted by Gasteiger charge is 1.92. The second-order valence-electron chi connectivity index (χ2n) is 4.15. The van der Waals surface area contributed by atoms with Gasteiger partial charge in [0.2, 0.25) is 0 Å². The van der Waals surface area contributed by atoms with Crippen LogP contribution in [0.25, 0.3) is 0 Å². The summed E-state index contributed by atoms with van der Waals surface area (Å²) in [4.78, 5) is 0. The number of hydrogen-bond donors (Lipinski definition) is 0. The Bertz CT molecular complexity index is 170. The van der Waals surface area contributed by atoms with E-state index in [0.29, 0.717) is 0 Å². The van der Waals surface area contributed by atoms with Crippen LogP contribution in [0.3, 0.4) is 0 Å². The van der Waals surface area contributed by atoms with Crippen LogP contribution in [0.5, 0.6) is 0 Å². The van der Waals surface area contributed by atoms with Gasteiger partial charge in [-0.2, -0.15) is 0 Å². The molecular weight excluding hydrogens is 184 g/mol. The first-order valence-corrected chi connectivity index (χ1v) is 6.10. The Hall–Kier alpha value is -0.720. The van der Waals surface area contributed by atoms with Crippen molar-refractivity contribution in [2.75, 3.05) is 7.11 Å². The predicted molar refractivity (Wildman–Crippen MR) is 67.9 cm³/mol. The second-order valence-corrected chi connectivity index (χ2v) is 4.15. The summed E-state index contributed by atoms with van der Waals surface area (Å²) >= 11 is 0. The number of unbranched alkanes of at least 4 members (excludes halogenated alkanes) is 6. The monoisotopic (exact) mass is 210 g/mol. The molecule has 0 unspecified atom stereocenters. The van der Waals surface area contributed by atoms with Crippen LogP contribution in [-0.2, 0) is 4.74 Å². The van der Waals surface area contributed by atoms with Crippen LogP contribution >= 0.6 is 0 Å². The minimum Gasteiger partial charge on any atom is -0.504 e. The Balaban J connectivity index is 3.11. The summed E-state index contributed by atoms with van der Waals surface area (Å²) in [6.07, 6.45) is 14.3. The first-order valence-electron chi connectivity index (χ1n) is 6.10. The van der Waals surface area contributed by atoms with Crippen molar-refractivity contribution < 1.29 is 4.74 Å². The largest absolute Gasteiger partial charge is 0.504 e. The number of methoxy groups -OCH3 is 1. The van der Waals surface area contributed by atoms with E-state index in [1.807, 2.05) is 12.3 Å². The molecule has 0 amide bonds. The molecule has 0 heterocycles. The third-order valence-corrected chi connectivity index (χ3v) is 2.55. The van der Waals surface area contributed by atoms with E-state index in [1.165, 1.54) is 56.9 Å². The molecule has 0 spiro atoms. The lowest BCUT2D eigenvalue weighted by Gasteiger charge is -2.02. The van der Waals surface area contributed by atoms with Crippen molar-refractivity contribution in [1.29, 1.82) is 0 Å². The van der Waals surface area contributed by atoms with E-state index in [2.05, 4.69) is 13.5 Å². The van der Waals surface area contributed by atoms with Gasteiger partial charge in [-0.05, 0) is 38.2 Å². The van der Waals surface area contributed by atoms with Crippen LogP contribution in [0.2, 0.25) is 0 Å². The highest BCUT2D eigenvalue weighted by Crippen LogP contribution is 2.11. The van der Waals surface area contributed by atoms with Gasteiger partial charge in [0.25, 0.3) is 0 Å². The van der Waals surface area contributed by atoms with Crippen LogP contribution in [-0.4, -0.2) is 7.11 Å². The maximum atomic E-state index is 4.95. The fourth-order valence-corrected chi connectivity index (χ4v) is 1.66. The molecule has 0 aromatic rings. The maximum Gasteiger partial charge on any atom is 0.0813 e. The summed E-state index contributed by atoms with van der Waals surface area (Å²) in [5.74, 6) is 0. The van der Waals surface area contributed by atoms with Gasteiger partial charge in [0.1, 0.15) is 0 Å². The maximum absolute atomic E-state index is 4.95. The molecule has 88 valence electrons. The first kappa shape index (κ1) is 14.3. The van der Waals surface area contributed by atoms with E-state index in [1.54, 1.807) is 7.11 Å². The van der Waals surface area contributed by atoms with Crippen molar-refractivity contribution in [2.45, 2.75) is 58.3 Å². The highest BCUT2D eigenvalue weighted by molar-refractivity contribution is 4.92. The van der Waals surface area contributed by atoms with Crippen LogP contribution in [0.4, 0.5) is 0 Å². The van der Waals surface area contributed by atoms with Gasteiger partial charge in [-0.1, -0.05) is 31.8 Å². The zero-order valence-electron chi connectivity index (χ0n) is 10.4. The molecule has 0 fully saturated rings. The average Bonchev–Trinajstić information content (AvgIpc) is 2.22. The Kier molecular flexibility index (Phi) is 10.8. The smallest absolute Gasteiger partial charge is 0.0813 e. The molecule has 0 N–H and O–H groups in total. The van der Waals surface area contributed by atoms with Crippen molar-refractivity contribution >= 4 is 0 Å². The van der Waals surface area contributed by atoms with E-state index in [0.717, 1.165) is 0 Å². The third-order valence-electron chi connectivity index (χ3n) is 2.55. The molecule has 0 aliphatic carbocycles. The van der Waals surface area contributed by atoms with Gasteiger partial charge in [-0.3, -0.25) is 0 Å². The number of hydrogen-bond acceptors (Lipinski definition) is 1. The van der Waals surface area contributed by atoms with Crippen molar-refractivity contribution in [3.63, 3.8) is 0 Å². The molecule has 0 saturated heterocycles. The fourth-order valence-electron chi connectivity index (χ4n) is 1.66. The van der Waals surface area contributed by atoms with E-state index in [4.69, 9.17) is 4.74 Å². The fraction of sp³-hybridized carbons (Fsp3) is 0.714. The van der Waals surface area contributed by atoms with Crippen LogP contribution in [0.15, 0.2) is 24.5 Å². The lowest BCUT2D eigenvalue weighted by Crippen LogP contribution is -1.83. The molecular formula is C14H26O. The molecule has 0 saturated carbocycles. The van der Waals surface area contributed by atoms with E-state index < -0.39 is 0 Å². The Morgan fingerprint density at radius 3 is 2.27 bits per heavy atom. The van der Waals surface area contributed by atoms with Crippen molar-refractivity contribution in [2.24, 2.45) is 0 Å². The molecule has 0 radical (unpaired) electrons. The van der Waals surface area contributed by atoms with E-state index in [-0.39, 0.29) is 0 Å². The summed E-state index contributed by atoms with van der Waals surface area (Å²) in [6, 6.07) is 0. The summed E-state index contributed by atoms with van der Waals surface area (Å²) < 4.78 is 4.95. The van der Waals surface area contributed by atoms with Gasteiger partial charge in [0, 0.05) is 0 Å². The predicted octanol–water partition coefficient (Wildman–Crippen LogP) is 4.84. The summed E-state index contributed by atoms with van der Waals surface area (Å²) in [6.45, 7) is 5.86. The normalized spacial score (nSPS) is 11.5.